The molecule has 5 heterocycles. The number of fused-ring (bicyclic) bond motifs is 2. The number of aliphatic carboxylic acids is 3. The molecule has 3 saturated heterocycles. The van der Waals surface area contributed by atoms with Crippen molar-refractivity contribution in [2.75, 3.05) is 37.0 Å². The van der Waals surface area contributed by atoms with Crippen LogP contribution in [0.1, 0.15) is 91.4 Å². The fourth-order valence-corrected chi connectivity index (χ4v) is 9.96. The van der Waals surface area contributed by atoms with Crippen molar-refractivity contribution in [2.45, 2.75) is 108 Å². The van der Waals surface area contributed by atoms with Gasteiger partial charge in [-0.3, -0.25) is 48.2 Å². The number of nitrogens with two attached hydrogens (primary N) is 1. The van der Waals surface area contributed by atoms with Crippen LogP contribution in [0.5, 0.6) is 0 Å². The van der Waals surface area contributed by atoms with E-state index < -0.39 is 65.5 Å². The maximum Gasteiger partial charge on any atom is 0.333 e. The quantitative estimate of drug-likeness (QED) is 0.0683. The molecule has 0 spiro atoms. The first-order chi connectivity index (χ1) is 31.3. The van der Waals surface area contributed by atoms with Crippen LogP contribution in [0.3, 0.4) is 0 Å². The second-order valence-corrected chi connectivity index (χ2v) is 19.6. The third-order valence-electron chi connectivity index (χ3n) is 9.36. The van der Waals surface area contributed by atoms with E-state index in [1.165, 1.54) is 28.4 Å². The van der Waals surface area contributed by atoms with Crippen molar-refractivity contribution in [1.82, 2.24) is 14.9 Å². The van der Waals surface area contributed by atoms with E-state index in [1.54, 1.807) is 0 Å². The maximum atomic E-state index is 12.4. The molecule has 4 unspecified atom stereocenters. The average Bonchev–Trinajstić information content (AvgIpc) is 3.59. The van der Waals surface area contributed by atoms with Gasteiger partial charge in [0.1, 0.15) is 30.4 Å². The van der Waals surface area contributed by atoms with Gasteiger partial charge < -0.3 is 45.0 Å². The van der Waals surface area contributed by atoms with Crippen molar-refractivity contribution in [2.24, 2.45) is 11.7 Å². The van der Waals surface area contributed by atoms with E-state index in [1.807, 2.05) is 20.8 Å². The lowest BCUT2D eigenvalue weighted by atomic mass is 9.89. The SMILES string of the molecule is CCCC(=O)CC1C(=O)N2C(C(=O)[O-])=C(COC(=O)CCP=S)CSC12.CCCC(=O)O.CCCC(=O)ON1C(=O)CCC1=O.NC1C(=O)N2C(C(=O)[O-])=C(COC(=O)CCP=S)CSC12. The number of esters is 2. The monoisotopic (exact) mass is 1040 g/mol. The van der Waals surface area contributed by atoms with Crippen molar-refractivity contribution in [3.63, 3.8) is 0 Å². The zero-order valence-electron chi connectivity index (χ0n) is 36.3. The fourth-order valence-electron chi connectivity index (χ4n) is 6.20. The van der Waals surface area contributed by atoms with Crippen molar-refractivity contribution in [3.8, 4) is 0 Å². The highest BCUT2D eigenvalue weighted by atomic mass is 32.4. The molecular formula is C39H50N4O17P2S4-2. The van der Waals surface area contributed by atoms with E-state index >= 15 is 0 Å². The lowest BCUT2D eigenvalue weighted by molar-refractivity contribution is -0.303. The third kappa shape index (κ3) is 17.1. The summed E-state index contributed by atoms with van der Waals surface area (Å²) in [6.45, 7) is 5.18. The number of carboxylic acids is 3. The van der Waals surface area contributed by atoms with E-state index in [9.17, 15) is 63.0 Å². The van der Waals surface area contributed by atoms with Gasteiger partial charge in [0, 0.05) is 73.5 Å². The molecule has 0 aliphatic carbocycles. The van der Waals surface area contributed by atoms with Crippen molar-refractivity contribution in [3.05, 3.63) is 22.5 Å². The Morgan fingerprint density at radius 3 is 1.56 bits per heavy atom. The minimum absolute atomic E-state index is 0.00540. The van der Waals surface area contributed by atoms with Crippen LogP contribution < -0.4 is 15.9 Å². The molecule has 364 valence electrons. The van der Waals surface area contributed by atoms with Gasteiger partial charge in [0.05, 0.1) is 47.5 Å². The number of nitrogens with zero attached hydrogens (tertiary/aromatic N) is 3. The van der Waals surface area contributed by atoms with Gasteiger partial charge in [-0.1, -0.05) is 44.4 Å². The van der Waals surface area contributed by atoms with Gasteiger partial charge in [0.15, 0.2) is 0 Å². The first-order valence-electron chi connectivity index (χ1n) is 20.5. The topological polar surface area (TPSA) is 318 Å². The highest BCUT2D eigenvalue weighted by molar-refractivity contribution is 8.00. The molecular weight excluding hydrogens is 987 g/mol. The molecule has 4 amide bonds. The predicted octanol–water partition coefficient (Wildman–Crippen LogP) is 0.461. The van der Waals surface area contributed by atoms with E-state index in [2.05, 4.69) is 4.84 Å². The second kappa shape index (κ2) is 29.5. The molecule has 3 N–H and O–H groups in total. The van der Waals surface area contributed by atoms with Gasteiger partial charge in [-0.15, -0.1) is 28.6 Å². The number of carboxylic acid groups (broad SMARTS) is 3. The van der Waals surface area contributed by atoms with Crippen molar-refractivity contribution in [1.29, 1.82) is 0 Å². The summed E-state index contributed by atoms with van der Waals surface area (Å²) in [5.74, 6) is -6.66. The average molecular weight is 1040 g/mol. The van der Waals surface area contributed by atoms with Gasteiger partial charge in [0.25, 0.3) is 11.8 Å². The standard InChI is InChI=1S/C16H20NO6PS2.C11H13N2O5PS2.C8H11NO4.C4H8O2/c1-2-3-10(18)6-11-14(20)17-13(16(21)22)9(8-26-15(11)17)7-23-12(19)4-5-24-25;12-7-9(15)13-8(11(16)17)5(4-21-10(7)13)3-18-6(14)1-2-19-20;1-2-3-8(12)13-9-6(10)4-5-7(9)11;1-2-3-4(5)6/h11,15H,2-8H2,1H3,(H,21,22);7,10H,1-4,12H2,(H,16,17);2-5H2,1H3;2-3H2,1H3,(H,5,6)/p-2. The molecule has 0 radical (unpaired) electrons. The van der Waals surface area contributed by atoms with Crippen molar-refractivity contribution < 1.29 is 82.4 Å². The summed E-state index contributed by atoms with van der Waals surface area (Å²) in [6, 6.07) is -0.695. The number of carbonyl (C=O) groups excluding carboxylic acids is 10. The van der Waals surface area contributed by atoms with Crippen LogP contribution in [0, 0.1) is 5.92 Å². The summed E-state index contributed by atoms with van der Waals surface area (Å²) in [5, 5.41) is 30.5. The lowest BCUT2D eigenvalue weighted by Crippen LogP contribution is -2.69. The molecule has 0 aromatic heterocycles. The van der Waals surface area contributed by atoms with Gasteiger partial charge in [-0.2, -0.15) is 0 Å². The molecule has 3 fully saturated rings. The Bertz CT molecular complexity index is 1970. The number of hydrogen-bond donors (Lipinski definition) is 2. The van der Waals surface area contributed by atoms with E-state index in [4.69, 9.17) is 43.9 Å². The highest BCUT2D eigenvalue weighted by Crippen LogP contribution is 2.45. The number of Topliss-reactive ketones (excluding diaryl/α,β-unsaturated/α-hetero) is 1. The van der Waals surface area contributed by atoms with Crippen molar-refractivity contribution >= 4 is 127 Å². The second-order valence-electron chi connectivity index (χ2n) is 14.4. The number of ether oxygens (including phenoxy) is 2. The number of rotatable bonds is 21. The normalized spacial score (nSPS) is 20.5. The van der Waals surface area contributed by atoms with Crippen LogP contribution in [0.2, 0.25) is 0 Å². The first-order valence-corrected chi connectivity index (χ1v) is 26.8. The zero-order valence-corrected chi connectivity index (χ0v) is 41.3. The van der Waals surface area contributed by atoms with Crippen LogP contribution in [-0.2, 0) is 90.7 Å². The maximum absolute atomic E-state index is 12.4. The Kier molecular flexibility index (Phi) is 25.9. The highest BCUT2D eigenvalue weighted by Gasteiger charge is 2.53. The zero-order chi connectivity index (χ0) is 49.7. The Balaban J connectivity index is 0.000000333. The summed E-state index contributed by atoms with van der Waals surface area (Å²) in [7, 11) is 1.34. The molecule has 5 aliphatic rings. The number of hydrogen-bond acceptors (Lipinski definition) is 21. The number of hydroxylamine groups is 2. The minimum atomic E-state index is -1.47. The largest absolute Gasteiger partial charge is 0.543 e. The molecule has 0 aromatic carbocycles. The van der Waals surface area contributed by atoms with Crippen LogP contribution in [0.15, 0.2) is 22.5 Å². The van der Waals surface area contributed by atoms with E-state index in [0.29, 0.717) is 80.4 Å². The summed E-state index contributed by atoms with van der Waals surface area (Å²) < 4.78 is 10.1. The Morgan fingerprint density at radius 1 is 0.697 bits per heavy atom. The minimum Gasteiger partial charge on any atom is -0.543 e. The lowest BCUT2D eigenvalue weighted by Gasteiger charge is -2.50. The predicted molar refractivity (Wildman–Crippen MR) is 240 cm³/mol. The van der Waals surface area contributed by atoms with Gasteiger partial charge in [0.2, 0.25) is 11.8 Å². The molecule has 21 nitrogen and oxygen atoms in total. The molecule has 66 heavy (non-hydrogen) atoms. The Morgan fingerprint density at radius 2 is 1.15 bits per heavy atom. The Hall–Kier alpha value is -4.25. The summed E-state index contributed by atoms with van der Waals surface area (Å²) >= 11 is 12.2. The van der Waals surface area contributed by atoms with E-state index in [-0.39, 0.29) is 85.6 Å². The van der Waals surface area contributed by atoms with Crippen LogP contribution >= 0.6 is 38.2 Å². The molecule has 27 heteroatoms. The number of imide groups is 1. The molecule has 0 aromatic rings. The summed E-state index contributed by atoms with van der Waals surface area (Å²) in [5.41, 5.74) is 5.85. The van der Waals surface area contributed by atoms with Crippen LogP contribution in [-0.4, -0.2) is 139 Å². The summed E-state index contributed by atoms with van der Waals surface area (Å²) in [4.78, 5) is 131. The fraction of sp³-hybridized carbons (Fsp3) is 0.615. The Labute approximate surface area is 401 Å². The molecule has 0 bridgehead atoms. The van der Waals surface area contributed by atoms with Gasteiger partial charge in [-0.05, 0) is 34.0 Å². The van der Waals surface area contributed by atoms with Crippen LogP contribution in [0.4, 0.5) is 0 Å². The number of carbonyl (C=O) groups is 11. The number of thioether (sulfide) groups is 2. The first kappa shape index (κ1) is 57.9. The number of amides is 4. The molecule has 4 atom stereocenters. The number of β-lactam (4-membered cyclic amide) rings is 2. The van der Waals surface area contributed by atoms with Gasteiger partial charge in [-0.25, -0.2) is 4.79 Å². The van der Waals surface area contributed by atoms with Gasteiger partial charge >= 0.3 is 23.9 Å². The van der Waals surface area contributed by atoms with Crippen LogP contribution in [0.25, 0.3) is 0 Å². The summed E-state index contributed by atoms with van der Waals surface area (Å²) in [6.07, 6.45) is 4.76. The third-order valence-corrected chi connectivity index (χ3v) is 14.0. The molecule has 0 saturated carbocycles. The molecule has 5 aliphatic heterocycles. The number of ketones is 1. The smallest absolute Gasteiger partial charge is 0.333 e. The molecule has 5 rings (SSSR count). The van der Waals surface area contributed by atoms with E-state index in [0.717, 1.165) is 11.3 Å².